The molecule has 0 radical (unpaired) electrons. The van der Waals surface area contributed by atoms with E-state index in [0.29, 0.717) is 10.6 Å². The first-order valence-electron chi connectivity index (χ1n) is 10.3. The topological polar surface area (TPSA) is 118 Å². The summed E-state index contributed by atoms with van der Waals surface area (Å²) in [6.45, 7) is 0.0236. The van der Waals surface area contributed by atoms with Gasteiger partial charge in [0.05, 0.1) is 22.6 Å². The lowest BCUT2D eigenvalue weighted by molar-refractivity contribution is 0.0849. The van der Waals surface area contributed by atoms with Crippen molar-refractivity contribution in [2.75, 3.05) is 0 Å². The lowest BCUT2D eigenvalue weighted by Gasteiger charge is -2.08. The Morgan fingerprint density at radius 3 is 2.47 bits per heavy atom. The van der Waals surface area contributed by atoms with E-state index in [1.54, 1.807) is 12.1 Å². The van der Waals surface area contributed by atoms with Crippen molar-refractivity contribution in [2.45, 2.75) is 43.5 Å². The Morgan fingerprint density at radius 1 is 0.969 bits per heavy atom. The Labute approximate surface area is 190 Å². The van der Waals surface area contributed by atoms with E-state index in [1.807, 2.05) is 6.07 Å². The molecular formula is C22H23N3O5S2. The lowest BCUT2D eigenvalue weighted by Crippen LogP contribution is -2.41. The van der Waals surface area contributed by atoms with Crippen LogP contribution in [-0.4, -0.2) is 20.2 Å². The van der Waals surface area contributed by atoms with E-state index in [2.05, 4.69) is 15.6 Å². The molecule has 4 rings (SSSR count). The standard InChI is InChI=1S/C22H23N3O5S2/c26-21(24-25-22(27)20-13-16-5-2-1-3-7-19(16)31-20)15-8-10-18(11-9-15)32(28,29)23-14-17-6-4-12-30-17/h4,6,8-13,23H,1-3,5,7,14H2,(H,24,26)(H,25,27). The summed E-state index contributed by atoms with van der Waals surface area (Å²) in [7, 11) is -3.76. The number of amides is 2. The Kier molecular flexibility index (Phi) is 6.73. The fraction of sp³-hybridized carbons (Fsp3) is 0.273. The van der Waals surface area contributed by atoms with Crippen molar-refractivity contribution < 1.29 is 22.4 Å². The fourth-order valence-electron chi connectivity index (χ4n) is 3.47. The van der Waals surface area contributed by atoms with Gasteiger partial charge in [0, 0.05) is 10.4 Å². The highest BCUT2D eigenvalue weighted by Crippen LogP contribution is 2.28. The van der Waals surface area contributed by atoms with Crippen molar-refractivity contribution in [2.24, 2.45) is 0 Å². The minimum atomic E-state index is -3.76. The van der Waals surface area contributed by atoms with E-state index in [-0.39, 0.29) is 22.9 Å². The fourth-order valence-corrected chi connectivity index (χ4v) is 5.62. The van der Waals surface area contributed by atoms with E-state index in [9.17, 15) is 18.0 Å². The average molecular weight is 474 g/mol. The number of benzene rings is 1. The third kappa shape index (κ3) is 5.26. The number of furan rings is 1. The molecule has 3 N–H and O–H groups in total. The van der Waals surface area contributed by atoms with Crippen molar-refractivity contribution >= 4 is 33.2 Å². The Morgan fingerprint density at radius 2 is 1.72 bits per heavy atom. The molecule has 0 atom stereocenters. The third-order valence-electron chi connectivity index (χ3n) is 5.20. The van der Waals surface area contributed by atoms with Gasteiger partial charge < -0.3 is 4.42 Å². The Hall–Kier alpha value is -2.95. The Bertz CT molecular complexity index is 1180. The quantitative estimate of drug-likeness (QED) is 0.376. The molecule has 8 nitrogen and oxygen atoms in total. The predicted molar refractivity (Wildman–Crippen MR) is 120 cm³/mol. The number of carbonyl (C=O) groups is 2. The number of sulfonamides is 1. The van der Waals surface area contributed by atoms with Gasteiger partial charge in [-0.05, 0) is 73.7 Å². The van der Waals surface area contributed by atoms with Crippen LogP contribution in [0.2, 0.25) is 0 Å². The highest BCUT2D eigenvalue weighted by Gasteiger charge is 2.18. The van der Waals surface area contributed by atoms with Crippen molar-refractivity contribution in [3.8, 4) is 0 Å². The zero-order valence-corrected chi connectivity index (χ0v) is 18.9. The molecule has 2 aromatic heterocycles. The van der Waals surface area contributed by atoms with Gasteiger partial charge in [0.1, 0.15) is 5.76 Å². The molecule has 32 heavy (non-hydrogen) atoms. The number of nitrogens with one attached hydrogen (secondary N) is 3. The van der Waals surface area contributed by atoms with Gasteiger partial charge in [-0.1, -0.05) is 6.42 Å². The van der Waals surface area contributed by atoms with Crippen molar-refractivity contribution in [1.29, 1.82) is 0 Å². The summed E-state index contributed by atoms with van der Waals surface area (Å²) in [4.78, 5) is 26.6. The van der Waals surface area contributed by atoms with Crippen molar-refractivity contribution in [1.82, 2.24) is 15.6 Å². The molecule has 0 spiro atoms. The normalized spacial score (nSPS) is 13.8. The summed E-state index contributed by atoms with van der Waals surface area (Å²) in [5, 5.41) is 0. The van der Waals surface area contributed by atoms with Gasteiger partial charge in [0.25, 0.3) is 11.8 Å². The van der Waals surface area contributed by atoms with Gasteiger partial charge in [-0.15, -0.1) is 11.3 Å². The van der Waals surface area contributed by atoms with Crippen LogP contribution >= 0.6 is 11.3 Å². The number of carbonyl (C=O) groups excluding carboxylic acids is 2. The van der Waals surface area contributed by atoms with E-state index >= 15 is 0 Å². The van der Waals surface area contributed by atoms with Crippen molar-refractivity contribution in [3.05, 3.63) is 75.4 Å². The zero-order chi connectivity index (χ0) is 22.6. The van der Waals surface area contributed by atoms with E-state index in [1.165, 1.54) is 58.7 Å². The van der Waals surface area contributed by atoms with Gasteiger partial charge in [-0.3, -0.25) is 20.4 Å². The summed E-state index contributed by atoms with van der Waals surface area (Å²) in [6, 6.07) is 10.7. The van der Waals surface area contributed by atoms with Crippen LogP contribution in [-0.2, 0) is 29.4 Å². The highest BCUT2D eigenvalue weighted by molar-refractivity contribution is 7.89. The highest BCUT2D eigenvalue weighted by atomic mass is 32.2. The Balaban J connectivity index is 1.33. The smallest absolute Gasteiger partial charge is 0.279 e. The number of thiophene rings is 1. The summed E-state index contributed by atoms with van der Waals surface area (Å²) >= 11 is 1.47. The molecule has 1 aliphatic rings. The van der Waals surface area contributed by atoms with Crippen LogP contribution in [0.25, 0.3) is 0 Å². The van der Waals surface area contributed by atoms with Crippen LogP contribution in [0.1, 0.15) is 55.5 Å². The van der Waals surface area contributed by atoms with Gasteiger partial charge in [-0.25, -0.2) is 13.1 Å². The first-order chi connectivity index (χ1) is 15.4. The average Bonchev–Trinajstić information content (AvgIpc) is 3.41. The van der Waals surface area contributed by atoms with E-state index in [4.69, 9.17) is 4.42 Å². The molecule has 0 unspecified atom stereocenters. The molecule has 3 aromatic rings. The van der Waals surface area contributed by atoms with Gasteiger partial charge >= 0.3 is 0 Å². The van der Waals surface area contributed by atoms with Gasteiger partial charge in [-0.2, -0.15) is 0 Å². The molecule has 0 bridgehead atoms. The van der Waals surface area contributed by atoms with Crippen molar-refractivity contribution in [3.63, 3.8) is 0 Å². The lowest BCUT2D eigenvalue weighted by atomic mass is 10.1. The van der Waals surface area contributed by atoms with Gasteiger partial charge in [0.15, 0.2) is 0 Å². The SMILES string of the molecule is O=C(NNC(=O)c1cc2c(s1)CCCCC2)c1ccc(S(=O)(=O)NCc2ccco2)cc1. The van der Waals surface area contributed by atoms with Crippen LogP contribution in [0.3, 0.4) is 0 Å². The molecule has 10 heteroatoms. The molecule has 1 aromatic carbocycles. The first kappa shape index (κ1) is 22.3. The molecule has 0 fully saturated rings. The molecule has 0 saturated heterocycles. The number of aryl methyl sites for hydroxylation is 2. The molecule has 1 aliphatic carbocycles. The second kappa shape index (κ2) is 9.68. The van der Waals surface area contributed by atoms with Crippen LogP contribution in [0.4, 0.5) is 0 Å². The van der Waals surface area contributed by atoms with E-state index < -0.39 is 15.9 Å². The molecular weight excluding hydrogens is 450 g/mol. The molecule has 0 aliphatic heterocycles. The number of hydrogen-bond donors (Lipinski definition) is 3. The second-order valence-electron chi connectivity index (χ2n) is 7.46. The van der Waals surface area contributed by atoms with Crippen LogP contribution < -0.4 is 15.6 Å². The van der Waals surface area contributed by atoms with E-state index in [0.717, 1.165) is 25.7 Å². The summed E-state index contributed by atoms with van der Waals surface area (Å²) in [6.07, 6.45) is 6.91. The van der Waals surface area contributed by atoms with Crippen LogP contribution in [0.15, 0.2) is 58.0 Å². The predicted octanol–water partition coefficient (Wildman–Crippen LogP) is 3.16. The molecule has 2 amide bonds. The summed E-state index contributed by atoms with van der Waals surface area (Å²) in [5.41, 5.74) is 6.26. The maximum atomic E-state index is 12.4. The minimum absolute atomic E-state index is 0.0183. The molecule has 168 valence electrons. The number of hydrazine groups is 1. The first-order valence-corrected chi connectivity index (χ1v) is 12.6. The molecule has 2 heterocycles. The molecule has 0 saturated carbocycles. The second-order valence-corrected chi connectivity index (χ2v) is 10.4. The maximum Gasteiger partial charge on any atom is 0.279 e. The minimum Gasteiger partial charge on any atom is -0.468 e. The monoisotopic (exact) mass is 473 g/mol. The van der Waals surface area contributed by atoms with Gasteiger partial charge in [0.2, 0.25) is 10.0 Å². The third-order valence-corrected chi connectivity index (χ3v) is 7.86. The van der Waals surface area contributed by atoms with Crippen LogP contribution in [0.5, 0.6) is 0 Å². The number of hydrogen-bond acceptors (Lipinski definition) is 6. The van der Waals surface area contributed by atoms with Crippen LogP contribution in [0, 0.1) is 0 Å². The maximum absolute atomic E-state index is 12.4. The zero-order valence-electron chi connectivity index (χ0n) is 17.2. The number of rotatable bonds is 6. The largest absolute Gasteiger partial charge is 0.468 e. The summed E-state index contributed by atoms with van der Waals surface area (Å²) < 4.78 is 32.3. The summed E-state index contributed by atoms with van der Waals surface area (Å²) in [5.74, 6) is -0.413. The number of fused-ring (bicyclic) bond motifs is 1.